The topological polar surface area (TPSA) is 64.1 Å². The van der Waals surface area contributed by atoms with E-state index in [2.05, 4.69) is 15.3 Å². The van der Waals surface area contributed by atoms with Gasteiger partial charge in [0.15, 0.2) is 5.13 Å². The summed E-state index contributed by atoms with van der Waals surface area (Å²) in [5, 5.41) is 7.58. The van der Waals surface area contributed by atoms with Gasteiger partial charge in [0.25, 0.3) is 0 Å². The molecule has 2 aromatic heterocycles. The number of nitrogens with one attached hydrogen (secondary N) is 1. The average Bonchev–Trinajstić information content (AvgIpc) is 3.21. The maximum absolute atomic E-state index is 12.7. The predicted molar refractivity (Wildman–Crippen MR) is 113 cm³/mol. The fourth-order valence-electron chi connectivity index (χ4n) is 2.98. The van der Waals surface area contributed by atoms with Crippen LogP contribution in [0, 0.1) is 0 Å². The van der Waals surface area contributed by atoms with Crippen LogP contribution in [0.1, 0.15) is 18.4 Å². The Morgan fingerprint density at radius 1 is 1.14 bits per heavy atom. The maximum atomic E-state index is 12.7. The number of anilines is 1. The van der Waals surface area contributed by atoms with Crippen LogP contribution >= 0.6 is 11.3 Å². The van der Waals surface area contributed by atoms with E-state index in [-0.39, 0.29) is 11.8 Å². The smallest absolute Gasteiger partial charge is 0.233 e. The van der Waals surface area contributed by atoms with Crippen LogP contribution in [0.25, 0.3) is 22.0 Å². The Morgan fingerprint density at radius 2 is 1.96 bits per heavy atom. The largest absolute Gasteiger partial charge is 0.497 e. The van der Waals surface area contributed by atoms with E-state index in [0.29, 0.717) is 5.13 Å². The first-order valence-electron chi connectivity index (χ1n) is 8.88. The summed E-state index contributed by atoms with van der Waals surface area (Å²) < 4.78 is 5.26. The van der Waals surface area contributed by atoms with E-state index >= 15 is 0 Å². The third-order valence-corrected chi connectivity index (χ3v) is 5.41. The molecular weight excluding hydrogens is 370 g/mol. The minimum atomic E-state index is -0.294. The summed E-state index contributed by atoms with van der Waals surface area (Å²) in [4.78, 5) is 21.3. The van der Waals surface area contributed by atoms with Crippen molar-refractivity contribution in [1.29, 1.82) is 0 Å². The van der Waals surface area contributed by atoms with Gasteiger partial charge in [0, 0.05) is 23.3 Å². The maximum Gasteiger partial charge on any atom is 0.233 e. The van der Waals surface area contributed by atoms with Gasteiger partial charge in [-0.15, -0.1) is 11.3 Å². The quantitative estimate of drug-likeness (QED) is 0.515. The van der Waals surface area contributed by atoms with Crippen molar-refractivity contribution >= 4 is 33.1 Å². The van der Waals surface area contributed by atoms with Gasteiger partial charge < -0.3 is 10.1 Å². The molecule has 140 valence electrons. The zero-order chi connectivity index (χ0) is 19.5. The molecule has 0 unspecified atom stereocenters. The Kier molecular flexibility index (Phi) is 5.04. The van der Waals surface area contributed by atoms with E-state index in [1.165, 1.54) is 11.3 Å². The fraction of sp³-hybridized carbons (Fsp3) is 0.136. The number of amides is 1. The lowest BCUT2D eigenvalue weighted by Gasteiger charge is -2.12. The molecule has 0 radical (unpaired) electrons. The number of nitrogens with zero attached hydrogens (tertiary/aromatic N) is 2. The van der Waals surface area contributed by atoms with Crippen LogP contribution in [-0.2, 0) is 4.79 Å². The van der Waals surface area contributed by atoms with Crippen molar-refractivity contribution in [3.63, 3.8) is 0 Å². The molecule has 6 heteroatoms. The minimum absolute atomic E-state index is 0.0834. The van der Waals surface area contributed by atoms with Gasteiger partial charge in [0.05, 0.1) is 18.7 Å². The van der Waals surface area contributed by atoms with Crippen molar-refractivity contribution in [2.24, 2.45) is 0 Å². The van der Waals surface area contributed by atoms with Crippen LogP contribution in [0.2, 0.25) is 0 Å². The number of carbonyl (C=O) groups excluding carboxylic acids is 1. The molecular formula is C22H19N3O2S. The van der Waals surface area contributed by atoms with Crippen molar-refractivity contribution in [3.8, 4) is 17.0 Å². The summed E-state index contributed by atoms with van der Waals surface area (Å²) >= 11 is 1.41. The molecule has 1 amide bonds. The number of carbonyl (C=O) groups is 1. The van der Waals surface area contributed by atoms with Crippen LogP contribution in [0.4, 0.5) is 5.13 Å². The molecule has 5 nitrogen and oxygen atoms in total. The van der Waals surface area contributed by atoms with Gasteiger partial charge in [0.1, 0.15) is 5.75 Å². The van der Waals surface area contributed by atoms with Crippen LogP contribution in [0.3, 0.4) is 0 Å². The molecule has 0 saturated heterocycles. The number of hydrogen-bond donors (Lipinski definition) is 1. The number of thiazole rings is 1. The van der Waals surface area contributed by atoms with Crippen LogP contribution < -0.4 is 10.1 Å². The minimum Gasteiger partial charge on any atom is -0.497 e. The van der Waals surface area contributed by atoms with Crippen LogP contribution in [0.5, 0.6) is 5.75 Å². The second-order valence-electron chi connectivity index (χ2n) is 6.46. The Balaban J connectivity index is 1.50. The molecule has 0 bridgehead atoms. The number of hydrogen-bond acceptors (Lipinski definition) is 5. The van der Waals surface area contributed by atoms with Gasteiger partial charge in [0.2, 0.25) is 5.91 Å². The number of pyridine rings is 1. The first kappa shape index (κ1) is 18.1. The SMILES string of the molecule is COc1ccc2cc([C@H](C)C(=O)Nc3nc(-c4cccnc4)cs3)ccc2c1. The Morgan fingerprint density at radius 3 is 2.75 bits per heavy atom. The third-order valence-electron chi connectivity index (χ3n) is 4.66. The molecule has 0 spiro atoms. The van der Waals surface area contributed by atoms with Gasteiger partial charge in [-0.05, 0) is 47.5 Å². The van der Waals surface area contributed by atoms with Crippen molar-refractivity contribution in [2.45, 2.75) is 12.8 Å². The van der Waals surface area contributed by atoms with E-state index in [4.69, 9.17) is 4.74 Å². The van der Waals surface area contributed by atoms with Crippen LogP contribution in [-0.4, -0.2) is 23.0 Å². The first-order chi connectivity index (χ1) is 13.6. The number of ether oxygens (including phenoxy) is 1. The summed E-state index contributed by atoms with van der Waals surface area (Å²) in [6.07, 6.45) is 3.48. The van der Waals surface area contributed by atoms with E-state index in [0.717, 1.165) is 33.3 Å². The Hall–Kier alpha value is -3.25. The molecule has 0 aliphatic carbocycles. The highest BCUT2D eigenvalue weighted by molar-refractivity contribution is 7.14. The molecule has 0 aliphatic rings. The summed E-state index contributed by atoms with van der Waals surface area (Å²) in [6, 6.07) is 15.8. The number of fused-ring (bicyclic) bond motifs is 1. The van der Waals surface area contributed by atoms with Gasteiger partial charge in [-0.2, -0.15) is 0 Å². The van der Waals surface area contributed by atoms with Gasteiger partial charge in [-0.25, -0.2) is 4.98 Å². The summed E-state index contributed by atoms with van der Waals surface area (Å²) in [7, 11) is 1.65. The van der Waals surface area contributed by atoms with E-state index < -0.39 is 0 Å². The number of rotatable bonds is 5. The van der Waals surface area contributed by atoms with E-state index in [1.807, 2.05) is 60.8 Å². The van der Waals surface area contributed by atoms with Gasteiger partial charge in [-0.1, -0.05) is 24.3 Å². The molecule has 28 heavy (non-hydrogen) atoms. The first-order valence-corrected chi connectivity index (χ1v) is 9.76. The summed E-state index contributed by atoms with van der Waals surface area (Å²) in [6.45, 7) is 1.90. The highest BCUT2D eigenvalue weighted by Gasteiger charge is 2.17. The molecule has 2 heterocycles. The normalized spacial score (nSPS) is 11.9. The summed E-state index contributed by atoms with van der Waals surface area (Å²) in [5.41, 5.74) is 2.69. The third kappa shape index (κ3) is 3.73. The fourth-order valence-corrected chi connectivity index (χ4v) is 3.70. The number of methoxy groups -OCH3 is 1. The molecule has 1 atom stereocenters. The van der Waals surface area contributed by atoms with Crippen LogP contribution in [0.15, 0.2) is 66.3 Å². The molecule has 4 aromatic rings. The van der Waals surface area contributed by atoms with E-state index in [9.17, 15) is 4.79 Å². The zero-order valence-corrected chi connectivity index (χ0v) is 16.4. The monoisotopic (exact) mass is 389 g/mol. The molecule has 4 rings (SSSR count). The van der Waals surface area contributed by atoms with E-state index in [1.54, 1.807) is 19.5 Å². The highest BCUT2D eigenvalue weighted by atomic mass is 32.1. The average molecular weight is 389 g/mol. The van der Waals surface area contributed by atoms with Crippen molar-refractivity contribution in [1.82, 2.24) is 9.97 Å². The molecule has 2 aromatic carbocycles. The number of benzene rings is 2. The highest BCUT2D eigenvalue weighted by Crippen LogP contribution is 2.28. The zero-order valence-electron chi connectivity index (χ0n) is 15.5. The predicted octanol–water partition coefficient (Wildman–Crippen LogP) is 5.11. The van der Waals surface area contributed by atoms with Crippen molar-refractivity contribution < 1.29 is 9.53 Å². The second kappa shape index (κ2) is 7.78. The molecule has 0 saturated carbocycles. The lowest BCUT2D eigenvalue weighted by Crippen LogP contribution is -2.18. The molecule has 0 aliphatic heterocycles. The van der Waals surface area contributed by atoms with Crippen molar-refractivity contribution in [3.05, 3.63) is 71.9 Å². The Labute approximate surface area is 167 Å². The standard InChI is InChI=1S/C22H19N3O2S/c1-14(15-5-6-17-11-19(27-2)8-7-16(17)10-15)21(26)25-22-24-20(13-28-22)18-4-3-9-23-12-18/h3-14H,1-2H3,(H,24,25,26)/t14-/m0/s1. The summed E-state index contributed by atoms with van der Waals surface area (Å²) in [5.74, 6) is 0.441. The second-order valence-corrected chi connectivity index (χ2v) is 7.32. The van der Waals surface area contributed by atoms with Gasteiger partial charge >= 0.3 is 0 Å². The molecule has 1 N–H and O–H groups in total. The lowest BCUT2D eigenvalue weighted by atomic mass is 9.97. The van der Waals surface area contributed by atoms with Crippen molar-refractivity contribution in [2.75, 3.05) is 12.4 Å². The van der Waals surface area contributed by atoms with Gasteiger partial charge in [-0.3, -0.25) is 9.78 Å². The number of aromatic nitrogens is 2. The Bertz CT molecular complexity index is 1130. The molecule has 0 fully saturated rings. The lowest BCUT2D eigenvalue weighted by molar-refractivity contribution is -0.117.